The van der Waals surface area contributed by atoms with Crippen molar-refractivity contribution in [2.24, 2.45) is 23.7 Å². The van der Waals surface area contributed by atoms with E-state index in [2.05, 4.69) is 0 Å². The average Bonchev–Trinajstić information content (AvgIpc) is 2.75. The number of anilines is 1. The maximum atomic E-state index is 13.0. The van der Waals surface area contributed by atoms with Gasteiger partial charge in [-0.25, -0.2) is 4.39 Å². The summed E-state index contributed by atoms with van der Waals surface area (Å²) in [5, 5.41) is 0. The van der Waals surface area contributed by atoms with Crippen LogP contribution in [0.5, 0.6) is 0 Å². The highest BCUT2D eigenvalue weighted by atomic mass is 19.1. The number of carbonyl (C=O) groups is 4. The van der Waals surface area contributed by atoms with Gasteiger partial charge in [0.05, 0.1) is 17.5 Å². The van der Waals surface area contributed by atoms with Crippen LogP contribution in [-0.4, -0.2) is 23.4 Å². The van der Waals surface area contributed by atoms with Gasteiger partial charge >= 0.3 is 0 Å². The second kappa shape index (κ2) is 4.32. The Hall–Kier alpha value is -2.37. The molecule has 5 nitrogen and oxygen atoms in total. The van der Waals surface area contributed by atoms with E-state index in [9.17, 15) is 23.6 Å². The van der Waals surface area contributed by atoms with Gasteiger partial charge in [-0.3, -0.25) is 24.1 Å². The Labute approximate surface area is 125 Å². The van der Waals surface area contributed by atoms with Gasteiger partial charge in [0.1, 0.15) is 17.4 Å². The molecule has 0 aromatic heterocycles. The van der Waals surface area contributed by atoms with Crippen LogP contribution in [0.1, 0.15) is 12.8 Å². The molecule has 2 amide bonds. The predicted octanol–water partition coefficient (Wildman–Crippen LogP) is 1.11. The zero-order valence-corrected chi connectivity index (χ0v) is 11.5. The van der Waals surface area contributed by atoms with Gasteiger partial charge in [0.15, 0.2) is 0 Å². The van der Waals surface area contributed by atoms with E-state index in [-0.39, 0.29) is 30.1 Å². The molecule has 0 unspecified atom stereocenters. The van der Waals surface area contributed by atoms with E-state index in [1.54, 1.807) is 0 Å². The van der Waals surface area contributed by atoms with Crippen molar-refractivity contribution < 1.29 is 23.6 Å². The Morgan fingerprint density at radius 3 is 1.73 bits per heavy atom. The van der Waals surface area contributed by atoms with Crippen LogP contribution in [-0.2, 0) is 19.2 Å². The van der Waals surface area contributed by atoms with Gasteiger partial charge in [0.2, 0.25) is 11.8 Å². The van der Waals surface area contributed by atoms with Crippen LogP contribution in [0, 0.1) is 29.5 Å². The fraction of sp³-hybridized carbons (Fsp3) is 0.375. The van der Waals surface area contributed by atoms with Crippen molar-refractivity contribution in [2.45, 2.75) is 12.8 Å². The molecular weight excluding hydrogens is 289 g/mol. The first-order chi connectivity index (χ1) is 10.5. The summed E-state index contributed by atoms with van der Waals surface area (Å²) in [6.07, 6.45) is 0.113. The molecule has 2 bridgehead atoms. The maximum Gasteiger partial charge on any atom is 0.238 e. The van der Waals surface area contributed by atoms with Gasteiger partial charge < -0.3 is 0 Å². The quantitative estimate of drug-likeness (QED) is 0.728. The number of carbonyl (C=O) groups excluding carboxylic acids is 4. The number of fused-ring (bicyclic) bond motifs is 2. The third-order valence-electron chi connectivity index (χ3n) is 5.02. The lowest BCUT2D eigenvalue weighted by molar-refractivity contribution is -0.153. The van der Waals surface area contributed by atoms with Crippen molar-refractivity contribution in [1.29, 1.82) is 0 Å². The molecule has 6 heteroatoms. The lowest BCUT2D eigenvalue weighted by Gasteiger charge is -2.40. The zero-order chi connectivity index (χ0) is 15.6. The van der Waals surface area contributed by atoms with Crippen LogP contribution >= 0.6 is 0 Å². The highest BCUT2D eigenvalue weighted by molar-refractivity contribution is 6.25. The van der Waals surface area contributed by atoms with Crippen LogP contribution in [0.25, 0.3) is 0 Å². The second-order valence-electron chi connectivity index (χ2n) is 6.09. The summed E-state index contributed by atoms with van der Waals surface area (Å²) < 4.78 is 13.0. The molecule has 1 aliphatic heterocycles. The number of amides is 2. The van der Waals surface area contributed by atoms with Crippen LogP contribution in [0.15, 0.2) is 24.3 Å². The molecule has 1 saturated heterocycles. The van der Waals surface area contributed by atoms with E-state index in [0.29, 0.717) is 0 Å². The first kappa shape index (κ1) is 13.3. The first-order valence-corrected chi connectivity index (χ1v) is 7.18. The van der Waals surface area contributed by atoms with E-state index in [1.165, 1.54) is 24.3 Å². The molecular formula is C16H12FNO4. The Morgan fingerprint density at radius 1 is 0.818 bits per heavy atom. The summed E-state index contributed by atoms with van der Waals surface area (Å²) in [6.45, 7) is 0. The minimum atomic E-state index is -0.735. The molecule has 22 heavy (non-hydrogen) atoms. The lowest BCUT2D eigenvalue weighted by atomic mass is 9.58. The largest absolute Gasteiger partial charge is 0.299 e. The van der Waals surface area contributed by atoms with Crippen molar-refractivity contribution >= 4 is 29.1 Å². The number of Topliss-reactive ketones (excluding diaryl/α,β-unsaturated/α-hetero) is 2. The molecule has 4 fully saturated rings. The number of ketones is 2. The van der Waals surface area contributed by atoms with Gasteiger partial charge in [0, 0.05) is 24.7 Å². The van der Waals surface area contributed by atoms with Crippen LogP contribution in [0.4, 0.5) is 10.1 Å². The number of rotatable bonds is 1. The number of imide groups is 1. The van der Waals surface area contributed by atoms with Gasteiger partial charge in [-0.05, 0) is 24.3 Å². The molecule has 1 heterocycles. The highest BCUT2D eigenvalue weighted by Gasteiger charge is 2.63. The maximum absolute atomic E-state index is 13.0. The molecule has 5 rings (SSSR count). The Kier molecular flexibility index (Phi) is 2.61. The Balaban J connectivity index is 1.78. The van der Waals surface area contributed by atoms with Gasteiger partial charge in [-0.1, -0.05) is 0 Å². The number of hydrogen-bond acceptors (Lipinski definition) is 4. The fourth-order valence-corrected chi connectivity index (χ4v) is 4.02. The summed E-state index contributed by atoms with van der Waals surface area (Å²) in [5.41, 5.74) is 0.282. The molecule has 3 saturated carbocycles. The van der Waals surface area contributed by atoms with E-state index in [4.69, 9.17) is 0 Å². The second-order valence-corrected chi connectivity index (χ2v) is 6.09. The standard InChI is InChI=1S/C16H12FNO4/c17-7-1-3-8(4-2-7)18-15(21)13-9-5-11(19)10(6-12(9)20)14(13)16(18)22/h1-4,9-10,13-14H,5-6H2/t9-,10+,13-,14+. The topological polar surface area (TPSA) is 71.5 Å². The van der Waals surface area contributed by atoms with Crippen LogP contribution in [0.2, 0.25) is 0 Å². The SMILES string of the molecule is O=C1C[C@H]2C(=O)C[C@H]1[C@H]1C(=O)N(c3ccc(F)cc3)C(=O)[C@H]12. The Morgan fingerprint density at radius 2 is 1.27 bits per heavy atom. The van der Waals surface area contributed by atoms with E-state index in [0.717, 1.165) is 4.90 Å². The van der Waals surface area contributed by atoms with E-state index < -0.39 is 41.3 Å². The average molecular weight is 301 g/mol. The van der Waals surface area contributed by atoms with Gasteiger partial charge in [-0.15, -0.1) is 0 Å². The normalized spacial score (nSPS) is 33.6. The number of hydrogen-bond donors (Lipinski definition) is 0. The number of benzene rings is 1. The number of halogens is 1. The first-order valence-electron chi connectivity index (χ1n) is 7.18. The molecule has 1 aromatic carbocycles. The molecule has 1 aromatic rings. The molecule has 4 aliphatic rings. The van der Waals surface area contributed by atoms with E-state index in [1.807, 2.05) is 0 Å². The molecule has 112 valence electrons. The summed E-state index contributed by atoms with van der Waals surface area (Å²) in [7, 11) is 0. The van der Waals surface area contributed by atoms with Crippen molar-refractivity contribution in [3.05, 3.63) is 30.1 Å². The monoisotopic (exact) mass is 301 g/mol. The van der Waals surface area contributed by atoms with Crippen molar-refractivity contribution in [2.75, 3.05) is 4.90 Å². The third-order valence-corrected chi connectivity index (χ3v) is 5.02. The molecule has 0 radical (unpaired) electrons. The minimum Gasteiger partial charge on any atom is -0.299 e. The van der Waals surface area contributed by atoms with Crippen LogP contribution in [0.3, 0.4) is 0 Å². The predicted molar refractivity (Wildman–Crippen MR) is 72.1 cm³/mol. The molecule has 0 spiro atoms. The smallest absolute Gasteiger partial charge is 0.238 e. The van der Waals surface area contributed by atoms with Gasteiger partial charge in [-0.2, -0.15) is 0 Å². The Bertz CT molecular complexity index is 686. The zero-order valence-electron chi connectivity index (χ0n) is 11.5. The third kappa shape index (κ3) is 1.58. The summed E-state index contributed by atoms with van der Waals surface area (Å²) in [6, 6.07) is 5.05. The van der Waals surface area contributed by atoms with Crippen LogP contribution < -0.4 is 4.90 Å². The molecule has 4 atom stereocenters. The van der Waals surface area contributed by atoms with Crippen molar-refractivity contribution in [1.82, 2.24) is 0 Å². The van der Waals surface area contributed by atoms with E-state index >= 15 is 0 Å². The fourth-order valence-electron chi connectivity index (χ4n) is 4.02. The lowest BCUT2D eigenvalue weighted by Crippen LogP contribution is -2.51. The highest BCUT2D eigenvalue weighted by Crippen LogP contribution is 2.50. The summed E-state index contributed by atoms with van der Waals surface area (Å²) >= 11 is 0. The minimum absolute atomic E-state index is 0.0565. The summed E-state index contributed by atoms with van der Waals surface area (Å²) in [5.74, 6) is -4.39. The molecule has 0 N–H and O–H groups in total. The summed E-state index contributed by atoms with van der Waals surface area (Å²) in [4.78, 5) is 50.3. The molecule has 3 aliphatic carbocycles. The van der Waals surface area contributed by atoms with Crippen molar-refractivity contribution in [3.8, 4) is 0 Å². The van der Waals surface area contributed by atoms with Gasteiger partial charge in [0.25, 0.3) is 0 Å². The number of nitrogens with zero attached hydrogens (tertiary/aromatic N) is 1. The van der Waals surface area contributed by atoms with Crippen molar-refractivity contribution in [3.63, 3.8) is 0 Å².